The highest BCUT2D eigenvalue weighted by atomic mass is 16.5. The molecule has 1 atom stereocenters. The number of ether oxygens (including phenoxy) is 1. The summed E-state index contributed by atoms with van der Waals surface area (Å²) in [4.78, 5) is 46.1. The van der Waals surface area contributed by atoms with Crippen molar-refractivity contribution >= 4 is 23.0 Å². The van der Waals surface area contributed by atoms with Gasteiger partial charge in [0.05, 0.1) is 18.7 Å². The quantitative estimate of drug-likeness (QED) is 0.417. The van der Waals surface area contributed by atoms with Gasteiger partial charge < -0.3 is 14.1 Å². The third-order valence-corrected chi connectivity index (χ3v) is 7.57. The number of carbonyl (C=O) groups excluding carboxylic acids is 2. The Hall–Kier alpha value is -2.65. The molecule has 1 aromatic heterocycles. The topological polar surface area (TPSA) is 99.1 Å². The van der Waals surface area contributed by atoms with Crippen LogP contribution >= 0.6 is 0 Å². The molecule has 1 N–H and O–H groups in total. The lowest BCUT2D eigenvalue weighted by molar-refractivity contribution is -0.145. The number of nitrogens with zero attached hydrogens (tertiary/aromatic N) is 3. The summed E-state index contributed by atoms with van der Waals surface area (Å²) in [5, 5.41) is 0. The number of aromatic amines is 1. The molecule has 4 rings (SSSR count). The molecule has 9 nitrogen and oxygen atoms in total. The monoisotopic (exact) mass is 500 g/mol. The zero-order valence-corrected chi connectivity index (χ0v) is 21.9. The fourth-order valence-electron chi connectivity index (χ4n) is 5.46. The maximum Gasteiger partial charge on any atom is 0.417 e. The van der Waals surface area contributed by atoms with E-state index < -0.39 is 5.76 Å². The van der Waals surface area contributed by atoms with Crippen LogP contribution in [0.25, 0.3) is 11.1 Å². The van der Waals surface area contributed by atoms with Crippen LogP contribution in [0, 0.1) is 12.8 Å². The molecule has 0 aliphatic carbocycles. The molecule has 1 amide bonds. The molecule has 9 heteroatoms. The van der Waals surface area contributed by atoms with Gasteiger partial charge in [-0.15, -0.1) is 0 Å². The number of hydrogen-bond donors (Lipinski definition) is 1. The molecule has 0 spiro atoms. The van der Waals surface area contributed by atoms with Crippen LogP contribution in [0.5, 0.6) is 0 Å². The van der Waals surface area contributed by atoms with E-state index in [2.05, 4.69) is 21.7 Å². The second-order valence-electron chi connectivity index (χ2n) is 10.3. The fraction of sp³-hybridized carbons (Fsp3) is 0.667. The van der Waals surface area contributed by atoms with Crippen LogP contribution in [0.4, 0.5) is 0 Å². The Labute approximate surface area is 212 Å². The Morgan fingerprint density at radius 2 is 1.86 bits per heavy atom. The van der Waals surface area contributed by atoms with Crippen LogP contribution in [-0.2, 0) is 20.7 Å². The third-order valence-electron chi connectivity index (χ3n) is 7.57. The van der Waals surface area contributed by atoms with Crippen molar-refractivity contribution in [2.45, 2.75) is 58.9 Å². The first-order valence-electron chi connectivity index (χ1n) is 13.4. The van der Waals surface area contributed by atoms with E-state index in [9.17, 15) is 14.4 Å². The molecule has 2 fully saturated rings. The highest BCUT2D eigenvalue weighted by Crippen LogP contribution is 2.23. The normalized spacial score (nSPS) is 19.0. The van der Waals surface area contributed by atoms with Crippen molar-refractivity contribution in [3.05, 3.63) is 33.8 Å². The number of H-pyrrole nitrogens is 1. The molecule has 3 heterocycles. The van der Waals surface area contributed by atoms with Crippen molar-refractivity contribution < 1.29 is 18.7 Å². The first-order valence-corrected chi connectivity index (χ1v) is 13.4. The first-order chi connectivity index (χ1) is 17.3. The molecular formula is C27H40N4O5. The summed E-state index contributed by atoms with van der Waals surface area (Å²) in [6.45, 7) is 12.1. The van der Waals surface area contributed by atoms with Gasteiger partial charge in [0.2, 0.25) is 5.91 Å². The molecule has 0 radical (unpaired) electrons. The predicted molar refractivity (Wildman–Crippen MR) is 138 cm³/mol. The highest BCUT2D eigenvalue weighted by molar-refractivity contribution is 5.80. The summed E-state index contributed by atoms with van der Waals surface area (Å²) in [6, 6.07) is 4.37. The van der Waals surface area contributed by atoms with Crippen LogP contribution < -0.4 is 5.76 Å². The second kappa shape index (κ2) is 12.1. The number of piperidine rings is 1. The first kappa shape index (κ1) is 26.4. The van der Waals surface area contributed by atoms with E-state index in [0.717, 1.165) is 81.6 Å². The van der Waals surface area contributed by atoms with Gasteiger partial charge in [-0.1, -0.05) is 26.3 Å². The lowest BCUT2D eigenvalue weighted by Gasteiger charge is -2.43. The molecular weight excluding hydrogens is 460 g/mol. The number of carbonyl (C=O) groups is 2. The lowest BCUT2D eigenvalue weighted by Crippen LogP contribution is -2.54. The van der Waals surface area contributed by atoms with Gasteiger partial charge in [-0.25, -0.2) is 4.79 Å². The zero-order chi connectivity index (χ0) is 25.7. The molecule has 0 unspecified atom stereocenters. The summed E-state index contributed by atoms with van der Waals surface area (Å²) < 4.78 is 10.5. The van der Waals surface area contributed by atoms with Crippen LogP contribution in [0.15, 0.2) is 21.3 Å². The van der Waals surface area contributed by atoms with E-state index in [1.165, 1.54) is 0 Å². The van der Waals surface area contributed by atoms with Gasteiger partial charge in [0.25, 0.3) is 0 Å². The number of likely N-dealkylation sites (tertiary alicyclic amines) is 1. The van der Waals surface area contributed by atoms with Crippen molar-refractivity contribution in [1.29, 1.82) is 0 Å². The number of nitrogens with one attached hydrogen (secondary N) is 1. The second-order valence-corrected chi connectivity index (χ2v) is 10.3. The number of oxazole rings is 1. The molecule has 2 aliphatic heterocycles. The van der Waals surface area contributed by atoms with Crippen molar-refractivity contribution in [3.63, 3.8) is 0 Å². The summed E-state index contributed by atoms with van der Waals surface area (Å²) >= 11 is 0. The van der Waals surface area contributed by atoms with Crippen LogP contribution in [-0.4, -0.2) is 90.0 Å². The van der Waals surface area contributed by atoms with Crippen molar-refractivity contribution in [1.82, 2.24) is 19.7 Å². The molecule has 0 bridgehead atoms. The largest absolute Gasteiger partial charge is 0.465 e. The Morgan fingerprint density at radius 1 is 1.14 bits per heavy atom. The summed E-state index contributed by atoms with van der Waals surface area (Å²) in [6.07, 6.45) is 4.53. The Kier molecular flexibility index (Phi) is 8.85. The average molecular weight is 501 g/mol. The van der Waals surface area contributed by atoms with Crippen molar-refractivity contribution in [2.24, 2.45) is 5.92 Å². The molecule has 2 saturated heterocycles. The number of benzene rings is 1. The van der Waals surface area contributed by atoms with Gasteiger partial charge in [-0.2, -0.15) is 0 Å². The molecule has 36 heavy (non-hydrogen) atoms. The minimum absolute atomic E-state index is 0.120. The molecule has 198 valence electrons. The van der Waals surface area contributed by atoms with E-state index in [4.69, 9.17) is 9.15 Å². The van der Waals surface area contributed by atoms with Crippen molar-refractivity contribution in [3.8, 4) is 0 Å². The van der Waals surface area contributed by atoms with E-state index >= 15 is 0 Å². The molecule has 2 aromatic rings. The van der Waals surface area contributed by atoms with E-state index in [-0.39, 0.29) is 17.8 Å². The number of aryl methyl sites for hydroxylation is 1. The maximum absolute atomic E-state index is 13.2. The minimum Gasteiger partial charge on any atom is -0.465 e. The predicted octanol–water partition coefficient (Wildman–Crippen LogP) is 2.56. The number of hydrogen-bond acceptors (Lipinski definition) is 7. The molecule has 1 aromatic carbocycles. The smallest absolute Gasteiger partial charge is 0.417 e. The Balaban J connectivity index is 1.20. The van der Waals surface area contributed by atoms with Gasteiger partial charge in [-0.05, 0) is 49.8 Å². The Morgan fingerprint density at radius 3 is 2.56 bits per heavy atom. The summed E-state index contributed by atoms with van der Waals surface area (Å²) in [5.41, 5.74) is 3.22. The number of fused-ring (bicyclic) bond motifs is 1. The van der Waals surface area contributed by atoms with Crippen LogP contribution in [0.3, 0.4) is 0 Å². The number of aromatic nitrogens is 1. The summed E-state index contributed by atoms with van der Waals surface area (Å²) in [5.74, 6) is -0.521. The molecule has 2 aliphatic rings. The standard InChI is InChI=1S/C27H40N4O5/c1-4-5-14-35-24(32)18-29-10-12-30(13-11-29)22-6-8-31(9-7-22)26(33)20(3)16-21-15-19(2)25-23(17-21)36-27(34)28-25/h15,17,20,22H,4-14,16,18H2,1-3H3,(H,28,34)/t20-/m1/s1. The van der Waals surface area contributed by atoms with E-state index in [0.29, 0.717) is 31.2 Å². The van der Waals surface area contributed by atoms with Crippen LogP contribution in [0.2, 0.25) is 0 Å². The summed E-state index contributed by atoms with van der Waals surface area (Å²) in [7, 11) is 0. The number of piperazine rings is 1. The number of esters is 1. The average Bonchev–Trinajstić information content (AvgIpc) is 3.25. The SMILES string of the molecule is CCCCOC(=O)CN1CCN(C2CCN(C(=O)[C@H](C)Cc3cc(C)c4[nH]c(=O)oc4c3)CC2)CC1. The van der Waals surface area contributed by atoms with Gasteiger partial charge in [-0.3, -0.25) is 24.4 Å². The number of amides is 1. The Bertz CT molecular complexity index is 1090. The number of rotatable bonds is 9. The molecule has 0 saturated carbocycles. The fourth-order valence-corrected chi connectivity index (χ4v) is 5.46. The van der Waals surface area contributed by atoms with Gasteiger partial charge in [0.15, 0.2) is 5.58 Å². The highest BCUT2D eigenvalue weighted by Gasteiger charge is 2.31. The maximum atomic E-state index is 13.2. The van der Waals surface area contributed by atoms with E-state index in [1.54, 1.807) is 0 Å². The van der Waals surface area contributed by atoms with E-state index in [1.807, 2.05) is 30.9 Å². The minimum atomic E-state index is -0.455. The zero-order valence-electron chi connectivity index (χ0n) is 21.9. The van der Waals surface area contributed by atoms with Crippen molar-refractivity contribution in [2.75, 3.05) is 52.4 Å². The van der Waals surface area contributed by atoms with Gasteiger partial charge >= 0.3 is 11.7 Å². The third kappa shape index (κ3) is 6.56. The number of unbranched alkanes of at least 4 members (excludes halogenated alkanes) is 1. The van der Waals surface area contributed by atoms with Gasteiger partial charge in [0.1, 0.15) is 0 Å². The van der Waals surface area contributed by atoms with Gasteiger partial charge in [0, 0.05) is 51.2 Å². The van der Waals surface area contributed by atoms with Crippen LogP contribution in [0.1, 0.15) is 50.7 Å². The lowest BCUT2D eigenvalue weighted by atomic mass is 9.96.